The Morgan fingerprint density at radius 2 is 2.28 bits per heavy atom. The fourth-order valence-electron chi connectivity index (χ4n) is 2.60. The maximum atomic E-state index is 11.1. The van der Waals surface area contributed by atoms with Gasteiger partial charge in [-0.1, -0.05) is 38.0 Å². The van der Waals surface area contributed by atoms with E-state index in [1.165, 1.54) is 36.0 Å². The number of carbonyl (C=O) groups is 1. The largest absolute Gasteiger partial charge is 0.480 e. The Labute approximate surface area is 108 Å². The number of aliphatic carboxylic acids is 1. The molecule has 1 heterocycles. The zero-order valence-electron chi connectivity index (χ0n) is 10.9. The average Bonchev–Trinajstić information content (AvgIpc) is 2.38. The summed E-state index contributed by atoms with van der Waals surface area (Å²) >= 11 is 0. The summed E-state index contributed by atoms with van der Waals surface area (Å²) in [5, 5.41) is 12.2. The Balaban J connectivity index is 2.15. The van der Waals surface area contributed by atoms with Gasteiger partial charge in [0.15, 0.2) is 0 Å². The molecular formula is C15H21NO2. The molecule has 0 saturated carbocycles. The van der Waals surface area contributed by atoms with Crippen molar-refractivity contribution in [1.29, 1.82) is 0 Å². The minimum Gasteiger partial charge on any atom is -0.480 e. The summed E-state index contributed by atoms with van der Waals surface area (Å²) in [6.45, 7) is 2.87. The van der Waals surface area contributed by atoms with Crippen LogP contribution < -0.4 is 5.32 Å². The Morgan fingerprint density at radius 1 is 1.44 bits per heavy atom. The highest BCUT2D eigenvalue weighted by atomic mass is 16.4. The summed E-state index contributed by atoms with van der Waals surface area (Å²) in [5.74, 6) is -0.746. The predicted octanol–water partition coefficient (Wildman–Crippen LogP) is 2.52. The molecule has 98 valence electrons. The van der Waals surface area contributed by atoms with Crippen molar-refractivity contribution in [3.63, 3.8) is 0 Å². The minimum atomic E-state index is -0.746. The van der Waals surface area contributed by atoms with E-state index < -0.39 is 12.0 Å². The van der Waals surface area contributed by atoms with Gasteiger partial charge in [-0.2, -0.15) is 0 Å². The van der Waals surface area contributed by atoms with Crippen molar-refractivity contribution < 1.29 is 9.90 Å². The van der Waals surface area contributed by atoms with Gasteiger partial charge in [0.25, 0.3) is 0 Å². The van der Waals surface area contributed by atoms with E-state index in [9.17, 15) is 4.79 Å². The summed E-state index contributed by atoms with van der Waals surface area (Å²) in [4.78, 5) is 11.1. The number of nitrogens with one attached hydrogen (secondary N) is 1. The van der Waals surface area contributed by atoms with E-state index >= 15 is 0 Å². The molecule has 1 aromatic rings. The standard InChI is InChI=1S/C15H21NO2/c1-2-3-4-6-11-7-5-8-12-10-16-14(15(17)18)9-13(11)12/h5,7-8,14,16H,2-4,6,9-10H2,1H3,(H,17,18). The molecule has 0 bridgehead atoms. The van der Waals surface area contributed by atoms with Gasteiger partial charge in [0, 0.05) is 6.54 Å². The SMILES string of the molecule is CCCCCc1cccc2c1CC(C(=O)O)NC2. The third-order valence-corrected chi connectivity index (χ3v) is 3.66. The molecule has 0 radical (unpaired) electrons. The van der Waals surface area contributed by atoms with Crippen molar-refractivity contribution in [2.24, 2.45) is 0 Å². The minimum absolute atomic E-state index is 0.426. The van der Waals surface area contributed by atoms with Gasteiger partial charge in [-0.25, -0.2) is 0 Å². The molecule has 0 aromatic heterocycles. The maximum Gasteiger partial charge on any atom is 0.321 e. The van der Waals surface area contributed by atoms with Crippen LogP contribution in [0.25, 0.3) is 0 Å². The zero-order valence-corrected chi connectivity index (χ0v) is 10.9. The van der Waals surface area contributed by atoms with Crippen molar-refractivity contribution >= 4 is 5.97 Å². The summed E-state index contributed by atoms with van der Waals surface area (Å²) in [7, 11) is 0. The number of aryl methyl sites for hydroxylation is 1. The monoisotopic (exact) mass is 247 g/mol. The number of carboxylic acids is 1. The molecule has 0 fully saturated rings. The second-order valence-electron chi connectivity index (χ2n) is 4.99. The van der Waals surface area contributed by atoms with Crippen molar-refractivity contribution in [2.45, 2.75) is 51.6 Å². The van der Waals surface area contributed by atoms with Crippen LogP contribution in [-0.4, -0.2) is 17.1 Å². The van der Waals surface area contributed by atoms with Gasteiger partial charge >= 0.3 is 5.97 Å². The van der Waals surface area contributed by atoms with Gasteiger partial charge in [0.1, 0.15) is 6.04 Å². The fourth-order valence-corrected chi connectivity index (χ4v) is 2.60. The number of unbranched alkanes of at least 4 members (excludes halogenated alkanes) is 2. The Kier molecular flexibility index (Phi) is 4.37. The van der Waals surface area contributed by atoms with Crippen molar-refractivity contribution in [3.05, 3.63) is 34.9 Å². The highest BCUT2D eigenvalue weighted by Crippen LogP contribution is 2.22. The van der Waals surface area contributed by atoms with Crippen LogP contribution in [0.5, 0.6) is 0 Å². The third kappa shape index (κ3) is 2.91. The molecule has 1 aromatic carbocycles. The van der Waals surface area contributed by atoms with Gasteiger partial charge < -0.3 is 10.4 Å². The first-order valence-corrected chi connectivity index (χ1v) is 6.78. The molecule has 1 aliphatic rings. The quantitative estimate of drug-likeness (QED) is 0.786. The van der Waals surface area contributed by atoms with Gasteiger partial charge in [0.05, 0.1) is 0 Å². The van der Waals surface area contributed by atoms with Crippen molar-refractivity contribution in [3.8, 4) is 0 Å². The predicted molar refractivity (Wildman–Crippen MR) is 71.6 cm³/mol. The number of benzene rings is 1. The van der Waals surface area contributed by atoms with Crippen LogP contribution in [0.4, 0.5) is 0 Å². The highest BCUT2D eigenvalue weighted by molar-refractivity contribution is 5.74. The first-order chi connectivity index (χ1) is 8.72. The first-order valence-electron chi connectivity index (χ1n) is 6.78. The molecule has 2 N–H and O–H groups in total. The molecule has 0 spiro atoms. The van der Waals surface area contributed by atoms with E-state index in [-0.39, 0.29) is 0 Å². The lowest BCUT2D eigenvalue weighted by Crippen LogP contribution is -2.42. The van der Waals surface area contributed by atoms with Crippen LogP contribution in [0, 0.1) is 0 Å². The van der Waals surface area contributed by atoms with Crippen LogP contribution >= 0.6 is 0 Å². The number of hydrogen-bond donors (Lipinski definition) is 2. The molecule has 1 atom stereocenters. The number of fused-ring (bicyclic) bond motifs is 1. The third-order valence-electron chi connectivity index (χ3n) is 3.66. The van der Waals surface area contributed by atoms with Crippen LogP contribution in [0.3, 0.4) is 0 Å². The topological polar surface area (TPSA) is 49.3 Å². The van der Waals surface area contributed by atoms with E-state index in [1.807, 2.05) is 0 Å². The van der Waals surface area contributed by atoms with Crippen LogP contribution in [0.2, 0.25) is 0 Å². The molecule has 18 heavy (non-hydrogen) atoms. The van der Waals surface area contributed by atoms with Gasteiger partial charge in [-0.15, -0.1) is 0 Å². The molecule has 0 saturated heterocycles. The van der Waals surface area contributed by atoms with Crippen molar-refractivity contribution in [2.75, 3.05) is 0 Å². The molecule has 2 rings (SSSR count). The lowest BCUT2D eigenvalue weighted by atomic mass is 9.89. The normalized spacial score (nSPS) is 18.4. The van der Waals surface area contributed by atoms with E-state index in [0.29, 0.717) is 13.0 Å². The summed E-state index contributed by atoms with van der Waals surface area (Å²) in [6.07, 6.45) is 5.34. The second kappa shape index (κ2) is 6.01. The van der Waals surface area contributed by atoms with E-state index in [1.54, 1.807) is 0 Å². The molecule has 1 aliphatic heterocycles. The van der Waals surface area contributed by atoms with Gasteiger partial charge in [-0.05, 0) is 36.0 Å². The van der Waals surface area contributed by atoms with Crippen molar-refractivity contribution in [1.82, 2.24) is 5.32 Å². The maximum absolute atomic E-state index is 11.1. The Bertz CT molecular complexity index is 429. The lowest BCUT2D eigenvalue weighted by molar-refractivity contribution is -0.139. The van der Waals surface area contributed by atoms with Gasteiger partial charge in [-0.3, -0.25) is 4.79 Å². The zero-order chi connectivity index (χ0) is 13.0. The van der Waals surface area contributed by atoms with E-state index in [0.717, 1.165) is 6.42 Å². The lowest BCUT2D eigenvalue weighted by Gasteiger charge is -2.25. The number of hydrogen-bond acceptors (Lipinski definition) is 2. The summed E-state index contributed by atoms with van der Waals surface area (Å²) in [6, 6.07) is 5.91. The average molecular weight is 247 g/mol. The number of rotatable bonds is 5. The fraction of sp³-hybridized carbons (Fsp3) is 0.533. The van der Waals surface area contributed by atoms with Crippen LogP contribution in [0.1, 0.15) is 42.9 Å². The molecule has 3 heteroatoms. The Hall–Kier alpha value is -1.35. The van der Waals surface area contributed by atoms with E-state index in [2.05, 4.69) is 30.4 Å². The number of carboxylic acid groups (broad SMARTS) is 1. The van der Waals surface area contributed by atoms with E-state index in [4.69, 9.17) is 5.11 Å². The summed E-state index contributed by atoms with van der Waals surface area (Å²) < 4.78 is 0. The molecule has 0 aliphatic carbocycles. The Morgan fingerprint density at radius 3 is 3.00 bits per heavy atom. The first kappa shape index (κ1) is 13.1. The molecular weight excluding hydrogens is 226 g/mol. The van der Waals surface area contributed by atoms with Crippen LogP contribution in [-0.2, 0) is 24.2 Å². The molecule has 1 unspecified atom stereocenters. The smallest absolute Gasteiger partial charge is 0.321 e. The second-order valence-corrected chi connectivity index (χ2v) is 4.99. The van der Waals surface area contributed by atoms with Crippen LogP contribution in [0.15, 0.2) is 18.2 Å². The highest BCUT2D eigenvalue weighted by Gasteiger charge is 2.24. The van der Waals surface area contributed by atoms with Gasteiger partial charge in [0.2, 0.25) is 0 Å². The molecule has 3 nitrogen and oxygen atoms in total. The summed E-state index contributed by atoms with van der Waals surface area (Å²) in [5.41, 5.74) is 3.87. The molecule has 0 amide bonds.